The van der Waals surface area contributed by atoms with E-state index in [0.29, 0.717) is 37.0 Å². The van der Waals surface area contributed by atoms with Gasteiger partial charge in [-0.1, -0.05) is 30.3 Å². The molecule has 1 aliphatic rings. The minimum atomic E-state index is -0.468. The Kier molecular flexibility index (Phi) is 3.37. The van der Waals surface area contributed by atoms with Gasteiger partial charge in [-0.2, -0.15) is 0 Å². The Morgan fingerprint density at radius 3 is 2.30 bits per heavy atom. The predicted molar refractivity (Wildman–Crippen MR) is 73.7 cm³/mol. The van der Waals surface area contributed by atoms with Crippen molar-refractivity contribution in [2.24, 2.45) is 0 Å². The highest BCUT2D eigenvalue weighted by molar-refractivity contribution is 6.12. The van der Waals surface area contributed by atoms with Crippen molar-refractivity contribution < 1.29 is 19.1 Å². The zero-order chi connectivity index (χ0) is 13.9. The molecule has 0 radical (unpaired) electrons. The van der Waals surface area contributed by atoms with Gasteiger partial charge in [0.1, 0.15) is 0 Å². The summed E-state index contributed by atoms with van der Waals surface area (Å²) < 4.78 is 10.4. The van der Waals surface area contributed by atoms with Gasteiger partial charge in [0.05, 0.1) is 24.3 Å². The van der Waals surface area contributed by atoms with E-state index in [9.17, 15) is 9.59 Å². The smallest absolute Gasteiger partial charge is 0.339 e. The van der Waals surface area contributed by atoms with E-state index >= 15 is 0 Å². The average molecular weight is 270 g/mol. The summed E-state index contributed by atoms with van der Waals surface area (Å²) in [6, 6.07) is 10.9. The van der Waals surface area contributed by atoms with E-state index in [1.807, 2.05) is 30.3 Å². The fourth-order valence-electron chi connectivity index (χ4n) is 2.35. The molecule has 0 bridgehead atoms. The van der Waals surface area contributed by atoms with E-state index in [1.165, 1.54) is 0 Å². The SMILES string of the molecule is O=C1OCCCCOC(=O)c2c1ccc1ccccc21. The van der Waals surface area contributed by atoms with Crippen LogP contribution in [0.15, 0.2) is 36.4 Å². The number of benzene rings is 2. The van der Waals surface area contributed by atoms with Crippen LogP contribution < -0.4 is 0 Å². The van der Waals surface area contributed by atoms with Crippen molar-refractivity contribution in [3.63, 3.8) is 0 Å². The lowest BCUT2D eigenvalue weighted by Crippen LogP contribution is -2.17. The fourth-order valence-corrected chi connectivity index (χ4v) is 2.35. The van der Waals surface area contributed by atoms with Crippen LogP contribution in [0, 0.1) is 0 Å². The Bertz CT molecular complexity index is 675. The lowest BCUT2D eigenvalue weighted by molar-refractivity contribution is 0.0396. The Balaban J connectivity index is 2.21. The van der Waals surface area contributed by atoms with Crippen LogP contribution in [0.25, 0.3) is 10.8 Å². The van der Waals surface area contributed by atoms with Crippen molar-refractivity contribution in [2.45, 2.75) is 12.8 Å². The van der Waals surface area contributed by atoms with Gasteiger partial charge in [-0.25, -0.2) is 9.59 Å². The Labute approximate surface area is 116 Å². The summed E-state index contributed by atoms with van der Waals surface area (Å²) in [5.74, 6) is -0.930. The number of hydrogen-bond donors (Lipinski definition) is 0. The van der Waals surface area contributed by atoms with Crippen molar-refractivity contribution in [1.82, 2.24) is 0 Å². The van der Waals surface area contributed by atoms with Crippen LogP contribution in [0.1, 0.15) is 33.6 Å². The minimum absolute atomic E-state index is 0.274. The van der Waals surface area contributed by atoms with Crippen molar-refractivity contribution in [3.05, 3.63) is 47.5 Å². The molecule has 0 atom stereocenters. The molecule has 2 aromatic rings. The summed E-state index contributed by atoms with van der Waals surface area (Å²) in [4.78, 5) is 24.3. The number of carbonyl (C=O) groups excluding carboxylic acids is 2. The number of ether oxygens (including phenoxy) is 2. The quantitative estimate of drug-likeness (QED) is 0.691. The topological polar surface area (TPSA) is 52.6 Å². The molecule has 1 aliphatic heterocycles. The molecule has 20 heavy (non-hydrogen) atoms. The molecule has 0 aromatic heterocycles. The lowest BCUT2D eigenvalue weighted by atomic mass is 9.99. The predicted octanol–water partition coefficient (Wildman–Crippen LogP) is 2.95. The molecule has 0 unspecified atom stereocenters. The molecule has 0 fully saturated rings. The van der Waals surface area contributed by atoms with Crippen molar-refractivity contribution in [3.8, 4) is 0 Å². The summed E-state index contributed by atoms with van der Waals surface area (Å²) >= 11 is 0. The van der Waals surface area contributed by atoms with E-state index in [2.05, 4.69) is 0 Å². The molecule has 0 spiro atoms. The minimum Gasteiger partial charge on any atom is -0.462 e. The van der Waals surface area contributed by atoms with Gasteiger partial charge < -0.3 is 9.47 Å². The third kappa shape index (κ3) is 2.25. The highest BCUT2D eigenvalue weighted by Crippen LogP contribution is 2.25. The van der Waals surface area contributed by atoms with Crippen LogP contribution in [0.2, 0.25) is 0 Å². The van der Waals surface area contributed by atoms with Crippen LogP contribution in [-0.4, -0.2) is 25.2 Å². The summed E-state index contributed by atoms with van der Waals surface area (Å²) in [5, 5.41) is 1.61. The van der Waals surface area contributed by atoms with Gasteiger partial charge in [-0.05, 0) is 29.7 Å². The molecule has 3 rings (SSSR count). The second-order valence-electron chi connectivity index (χ2n) is 4.69. The zero-order valence-corrected chi connectivity index (χ0v) is 10.9. The first-order valence-corrected chi connectivity index (χ1v) is 6.63. The van der Waals surface area contributed by atoms with Gasteiger partial charge in [-0.15, -0.1) is 0 Å². The molecular formula is C16H14O4. The van der Waals surface area contributed by atoms with Gasteiger partial charge in [-0.3, -0.25) is 0 Å². The van der Waals surface area contributed by atoms with Gasteiger partial charge in [0.25, 0.3) is 0 Å². The van der Waals surface area contributed by atoms with E-state index in [-0.39, 0.29) is 5.56 Å². The fraction of sp³-hybridized carbons (Fsp3) is 0.250. The van der Waals surface area contributed by atoms with Crippen LogP contribution in [0.5, 0.6) is 0 Å². The first kappa shape index (κ1) is 12.7. The number of esters is 2. The van der Waals surface area contributed by atoms with E-state index in [1.54, 1.807) is 6.07 Å². The molecule has 0 saturated heterocycles. The van der Waals surface area contributed by atoms with Crippen LogP contribution in [-0.2, 0) is 9.47 Å². The molecule has 1 heterocycles. The Hall–Kier alpha value is -2.36. The molecule has 0 saturated carbocycles. The van der Waals surface area contributed by atoms with Gasteiger partial charge in [0.15, 0.2) is 0 Å². The van der Waals surface area contributed by atoms with Gasteiger partial charge in [0.2, 0.25) is 0 Å². The number of fused-ring (bicyclic) bond motifs is 3. The lowest BCUT2D eigenvalue weighted by Gasteiger charge is -2.14. The normalized spacial score (nSPS) is 16.2. The number of hydrogen-bond acceptors (Lipinski definition) is 4. The second kappa shape index (κ2) is 5.33. The first-order chi connectivity index (χ1) is 9.77. The van der Waals surface area contributed by atoms with Crippen molar-refractivity contribution in [1.29, 1.82) is 0 Å². The van der Waals surface area contributed by atoms with E-state index < -0.39 is 11.9 Å². The molecule has 4 nitrogen and oxygen atoms in total. The number of carbonyl (C=O) groups is 2. The summed E-state index contributed by atoms with van der Waals surface area (Å²) in [7, 11) is 0. The first-order valence-electron chi connectivity index (χ1n) is 6.63. The average Bonchev–Trinajstić information content (AvgIpc) is 2.48. The second-order valence-corrected chi connectivity index (χ2v) is 4.69. The summed E-state index contributed by atoms with van der Waals surface area (Å²) in [6.45, 7) is 0.696. The van der Waals surface area contributed by atoms with Gasteiger partial charge in [0, 0.05) is 0 Å². The molecule has 4 heteroatoms. The summed E-state index contributed by atoms with van der Waals surface area (Å²) in [5.41, 5.74) is 0.575. The van der Waals surface area contributed by atoms with E-state index in [4.69, 9.17) is 9.47 Å². The standard InChI is InChI=1S/C16H14O4/c17-15-13-8-7-11-5-1-2-6-12(11)14(13)16(18)20-10-4-3-9-19-15/h1-2,5-8H,3-4,9-10H2. The largest absolute Gasteiger partial charge is 0.462 e. The maximum absolute atomic E-state index is 12.3. The van der Waals surface area contributed by atoms with Crippen LogP contribution >= 0.6 is 0 Å². The third-order valence-corrected chi connectivity index (χ3v) is 3.36. The van der Waals surface area contributed by atoms with Crippen molar-refractivity contribution in [2.75, 3.05) is 13.2 Å². The Morgan fingerprint density at radius 1 is 0.800 bits per heavy atom. The zero-order valence-electron chi connectivity index (χ0n) is 10.9. The van der Waals surface area contributed by atoms with Gasteiger partial charge >= 0.3 is 11.9 Å². The molecule has 102 valence electrons. The Morgan fingerprint density at radius 2 is 1.50 bits per heavy atom. The highest BCUT2D eigenvalue weighted by atomic mass is 16.5. The summed E-state index contributed by atoms with van der Waals surface area (Å²) in [6.07, 6.45) is 1.39. The van der Waals surface area contributed by atoms with Crippen LogP contribution in [0.4, 0.5) is 0 Å². The van der Waals surface area contributed by atoms with Crippen LogP contribution in [0.3, 0.4) is 0 Å². The maximum Gasteiger partial charge on any atom is 0.339 e. The monoisotopic (exact) mass is 270 g/mol. The molecule has 2 aromatic carbocycles. The molecular weight excluding hydrogens is 256 g/mol. The molecule has 0 amide bonds. The maximum atomic E-state index is 12.3. The number of rotatable bonds is 0. The molecule has 0 N–H and O–H groups in total. The van der Waals surface area contributed by atoms with Crippen molar-refractivity contribution >= 4 is 22.7 Å². The number of cyclic esters (lactones) is 2. The third-order valence-electron chi connectivity index (χ3n) is 3.36. The van der Waals surface area contributed by atoms with E-state index in [0.717, 1.165) is 5.39 Å². The molecule has 0 aliphatic carbocycles. The highest BCUT2D eigenvalue weighted by Gasteiger charge is 2.23.